The molecule has 0 saturated heterocycles. The molecule has 0 radical (unpaired) electrons. The highest BCUT2D eigenvalue weighted by molar-refractivity contribution is 7.44. The third kappa shape index (κ3) is 16.8. The van der Waals surface area contributed by atoms with E-state index in [2.05, 4.69) is 17.4 Å². The summed E-state index contributed by atoms with van der Waals surface area (Å²) in [7, 11) is 0. The molecule has 0 fully saturated rings. The minimum atomic E-state index is -0.403. The van der Waals surface area contributed by atoms with Crippen LogP contribution in [0.3, 0.4) is 0 Å². The first-order chi connectivity index (χ1) is 3.56. The van der Waals surface area contributed by atoms with Gasteiger partial charge in [0, 0.05) is 0 Å². The van der Waals surface area contributed by atoms with Gasteiger partial charge in [-0.05, 0) is 20.8 Å². The van der Waals surface area contributed by atoms with Crippen LogP contribution in [0.4, 0.5) is 0 Å². The lowest BCUT2D eigenvalue weighted by Crippen LogP contribution is -2.15. The minimum absolute atomic E-state index is 0.403. The van der Waals surface area contributed by atoms with Crippen LogP contribution >= 0.6 is 0 Å². The van der Waals surface area contributed by atoms with E-state index < -0.39 is 5.60 Å². The van der Waals surface area contributed by atoms with E-state index in [1.807, 2.05) is 0 Å². The fraction of sp³-hybridized carbons (Fsp3) is 1.00. The van der Waals surface area contributed by atoms with Crippen molar-refractivity contribution in [3.63, 3.8) is 0 Å². The van der Waals surface area contributed by atoms with Crippen LogP contribution in [0.5, 0.6) is 0 Å². The van der Waals surface area contributed by atoms with Crippen LogP contribution in [0.25, 0.3) is 0 Å². The molecular formula is C4H10O3S. The molecule has 0 aromatic heterocycles. The Morgan fingerprint density at radius 1 is 1.38 bits per heavy atom. The van der Waals surface area contributed by atoms with Crippen LogP contribution in [-0.2, 0) is 17.4 Å². The summed E-state index contributed by atoms with van der Waals surface area (Å²) in [6.07, 6.45) is 0. The van der Waals surface area contributed by atoms with Crippen molar-refractivity contribution in [1.29, 1.82) is 0 Å². The maximum absolute atomic E-state index is 7.90. The van der Waals surface area contributed by atoms with Crippen LogP contribution in [-0.4, -0.2) is 15.1 Å². The SMILES string of the molecule is CC(C)(C)OO.O=S. The van der Waals surface area contributed by atoms with Gasteiger partial charge in [0.1, 0.15) is 0 Å². The Kier molecular flexibility index (Phi) is 6.89. The molecule has 0 aliphatic heterocycles. The second-order valence-electron chi connectivity index (χ2n) is 2.20. The summed E-state index contributed by atoms with van der Waals surface area (Å²) in [5.41, 5.74) is -0.403. The molecule has 0 spiro atoms. The van der Waals surface area contributed by atoms with Crippen molar-refractivity contribution in [1.82, 2.24) is 0 Å². The summed E-state index contributed by atoms with van der Waals surface area (Å²) < 4.78 is 7.83. The standard InChI is InChI=1S/C4H10O2.OS/c1-4(2,3)6-5;1-2/h5H,1-3H3;. The van der Waals surface area contributed by atoms with Gasteiger partial charge < -0.3 is 0 Å². The van der Waals surface area contributed by atoms with Crippen molar-refractivity contribution in [3.8, 4) is 0 Å². The summed E-state index contributed by atoms with van der Waals surface area (Å²) in [4.78, 5) is 3.94. The summed E-state index contributed by atoms with van der Waals surface area (Å²) >= 11 is 2.83. The van der Waals surface area contributed by atoms with Crippen LogP contribution in [0, 0.1) is 0 Å². The summed E-state index contributed by atoms with van der Waals surface area (Å²) in [5.74, 6) is 0. The lowest BCUT2D eigenvalue weighted by Gasteiger charge is -2.10. The van der Waals surface area contributed by atoms with E-state index in [4.69, 9.17) is 9.47 Å². The molecule has 0 aliphatic rings. The van der Waals surface area contributed by atoms with Crippen LogP contribution < -0.4 is 0 Å². The van der Waals surface area contributed by atoms with E-state index in [0.29, 0.717) is 0 Å². The van der Waals surface area contributed by atoms with Gasteiger partial charge in [-0.15, -0.1) is 0 Å². The Bertz CT molecular complexity index is 49.7. The van der Waals surface area contributed by atoms with Gasteiger partial charge in [-0.1, -0.05) is 0 Å². The van der Waals surface area contributed by atoms with Crippen molar-refractivity contribution >= 4 is 12.5 Å². The van der Waals surface area contributed by atoms with E-state index >= 15 is 0 Å². The summed E-state index contributed by atoms with van der Waals surface area (Å²) in [5, 5.41) is 7.90. The van der Waals surface area contributed by atoms with Crippen molar-refractivity contribution in [2.45, 2.75) is 26.4 Å². The first kappa shape index (κ1) is 10.8. The molecule has 0 aromatic rings. The highest BCUT2D eigenvalue weighted by Crippen LogP contribution is 2.01. The Labute approximate surface area is 54.1 Å². The van der Waals surface area contributed by atoms with E-state index in [1.54, 1.807) is 20.8 Å². The summed E-state index contributed by atoms with van der Waals surface area (Å²) in [6.45, 7) is 5.31. The molecule has 0 aromatic carbocycles. The Morgan fingerprint density at radius 3 is 1.50 bits per heavy atom. The Hall–Kier alpha value is -0.0600. The van der Waals surface area contributed by atoms with E-state index in [1.165, 1.54) is 0 Å². The molecule has 8 heavy (non-hydrogen) atoms. The molecule has 0 atom stereocenters. The normalized spacial score (nSPS) is 9.50. The highest BCUT2D eigenvalue weighted by Gasteiger charge is 2.06. The quantitative estimate of drug-likeness (QED) is 0.399. The number of hydrogen-bond donors (Lipinski definition) is 1. The number of hydrogen-bond acceptors (Lipinski definition) is 4. The molecule has 0 rings (SSSR count). The molecule has 1 N–H and O–H groups in total. The first-order valence-corrected chi connectivity index (χ1v) is 2.39. The Balaban J connectivity index is 0. The molecule has 0 heterocycles. The highest BCUT2D eigenvalue weighted by atomic mass is 32.1. The molecule has 4 heteroatoms. The van der Waals surface area contributed by atoms with Crippen molar-refractivity contribution in [3.05, 3.63) is 0 Å². The van der Waals surface area contributed by atoms with Gasteiger partial charge in [-0.2, -0.15) is 4.21 Å². The van der Waals surface area contributed by atoms with Crippen LogP contribution in [0.2, 0.25) is 0 Å². The molecule has 50 valence electrons. The molecule has 0 aliphatic carbocycles. The summed E-state index contributed by atoms with van der Waals surface area (Å²) in [6, 6.07) is 0. The lowest BCUT2D eigenvalue weighted by molar-refractivity contribution is -0.306. The second-order valence-corrected chi connectivity index (χ2v) is 2.20. The van der Waals surface area contributed by atoms with Gasteiger partial charge in [-0.25, -0.2) is 4.89 Å². The second kappa shape index (κ2) is 5.08. The predicted molar refractivity (Wildman–Crippen MR) is 31.6 cm³/mol. The molecule has 0 amide bonds. The maximum Gasteiger partial charge on any atom is 0.197 e. The molecule has 0 bridgehead atoms. The van der Waals surface area contributed by atoms with Gasteiger partial charge in [0.2, 0.25) is 0 Å². The smallest absolute Gasteiger partial charge is 0.197 e. The average molecular weight is 138 g/mol. The molecule has 0 saturated carbocycles. The molecule has 0 unspecified atom stereocenters. The lowest BCUT2D eigenvalue weighted by atomic mass is 10.2. The van der Waals surface area contributed by atoms with E-state index in [9.17, 15) is 0 Å². The minimum Gasteiger partial charge on any atom is -0.251 e. The van der Waals surface area contributed by atoms with Crippen molar-refractivity contribution in [2.75, 3.05) is 0 Å². The zero-order chi connectivity index (χ0) is 7.21. The number of rotatable bonds is 0. The first-order valence-electron chi connectivity index (χ1n) is 2.05. The van der Waals surface area contributed by atoms with Gasteiger partial charge in [0.15, 0.2) is 12.5 Å². The average Bonchev–Trinajstić information content (AvgIpc) is 1.71. The fourth-order valence-corrected chi connectivity index (χ4v) is 0. The van der Waals surface area contributed by atoms with Crippen molar-refractivity contribution in [2.24, 2.45) is 0 Å². The monoisotopic (exact) mass is 138 g/mol. The fourth-order valence-electron chi connectivity index (χ4n) is 0. The maximum atomic E-state index is 7.90. The zero-order valence-electron chi connectivity index (χ0n) is 5.17. The zero-order valence-corrected chi connectivity index (χ0v) is 5.99. The third-order valence-corrected chi connectivity index (χ3v) is 0.274. The molecule has 3 nitrogen and oxygen atoms in total. The van der Waals surface area contributed by atoms with Crippen LogP contribution in [0.1, 0.15) is 20.8 Å². The van der Waals surface area contributed by atoms with Crippen molar-refractivity contribution < 1.29 is 14.4 Å². The third-order valence-electron chi connectivity index (χ3n) is 0.274. The van der Waals surface area contributed by atoms with Gasteiger partial charge in [0.25, 0.3) is 0 Å². The largest absolute Gasteiger partial charge is 0.251 e. The Morgan fingerprint density at radius 2 is 1.50 bits per heavy atom. The topological polar surface area (TPSA) is 46.5 Å². The van der Waals surface area contributed by atoms with E-state index in [0.717, 1.165) is 0 Å². The van der Waals surface area contributed by atoms with Crippen LogP contribution in [0.15, 0.2) is 0 Å². The van der Waals surface area contributed by atoms with Gasteiger partial charge in [-0.3, -0.25) is 5.26 Å². The van der Waals surface area contributed by atoms with E-state index in [-0.39, 0.29) is 0 Å². The van der Waals surface area contributed by atoms with Gasteiger partial charge in [0.05, 0.1) is 5.60 Å². The van der Waals surface area contributed by atoms with Gasteiger partial charge >= 0.3 is 0 Å². The predicted octanol–water partition coefficient (Wildman–Crippen LogP) is 0.938. The molecular weight excluding hydrogens is 128 g/mol.